The van der Waals surface area contributed by atoms with Gasteiger partial charge < -0.3 is 23.8 Å². The zero-order chi connectivity index (χ0) is 21.0. The summed E-state index contributed by atoms with van der Waals surface area (Å²) in [5.74, 6) is -2.81. The summed E-state index contributed by atoms with van der Waals surface area (Å²) in [4.78, 5) is 24.1. The fourth-order valence-corrected chi connectivity index (χ4v) is 2.92. The molecule has 0 saturated carbocycles. The van der Waals surface area contributed by atoms with Crippen molar-refractivity contribution in [2.45, 2.75) is 25.9 Å². The number of carbonyl (C=O) groups is 1. The number of furan rings is 1. The topological polar surface area (TPSA) is 110 Å². The van der Waals surface area contributed by atoms with E-state index in [1.807, 2.05) is 0 Å². The van der Waals surface area contributed by atoms with E-state index in [-0.39, 0.29) is 41.6 Å². The lowest BCUT2D eigenvalue weighted by Crippen LogP contribution is -2.14. The highest BCUT2D eigenvalue weighted by Crippen LogP contribution is 2.36. The van der Waals surface area contributed by atoms with Gasteiger partial charge in [0.15, 0.2) is 5.76 Å². The Morgan fingerprint density at radius 3 is 2.66 bits per heavy atom. The van der Waals surface area contributed by atoms with Gasteiger partial charge in [0.2, 0.25) is 11.2 Å². The second-order valence-corrected chi connectivity index (χ2v) is 6.19. The lowest BCUT2D eigenvalue weighted by Gasteiger charge is -2.15. The monoisotopic (exact) mass is 402 g/mol. The number of esters is 1. The van der Waals surface area contributed by atoms with Crippen molar-refractivity contribution >= 4 is 5.97 Å². The Bertz CT molecular complexity index is 1070. The van der Waals surface area contributed by atoms with Crippen LogP contribution in [0.3, 0.4) is 0 Å². The summed E-state index contributed by atoms with van der Waals surface area (Å²) in [7, 11) is 0. The molecule has 2 aromatic heterocycles. The molecule has 0 saturated heterocycles. The van der Waals surface area contributed by atoms with Crippen molar-refractivity contribution in [1.29, 1.82) is 0 Å². The molecule has 0 aliphatic rings. The van der Waals surface area contributed by atoms with Gasteiger partial charge in [0.1, 0.15) is 29.7 Å². The van der Waals surface area contributed by atoms with Crippen LogP contribution < -0.4 is 5.43 Å². The number of hydrogen-bond donors (Lipinski definition) is 2. The summed E-state index contributed by atoms with van der Waals surface area (Å²) in [6.45, 7) is 1.20. The third-order valence-corrected chi connectivity index (χ3v) is 4.26. The van der Waals surface area contributed by atoms with Gasteiger partial charge >= 0.3 is 5.97 Å². The highest BCUT2D eigenvalue weighted by molar-refractivity contribution is 5.71. The quantitative estimate of drug-likeness (QED) is 0.583. The molecular weight excluding hydrogens is 383 g/mol. The molecule has 0 spiro atoms. The summed E-state index contributed by atoms with van der Waals surface area (Å²) in [6.07, 6.45) is -0.302. The molecule has 1 aromatic carbocycles. The van der Waals surface area contributed by atoms with E-state index in [9.17, 15) is 24.2 Å². The van der Waals surface area contributed by atoms with Crippen LogP contribution in [-0.4, -0.2) is 22.8 Å². The van der Waals surface area contributed by atoms with E-state index >= 15 is 0 Å². The fraction of sp³-hybridized carbons (Fsp3) is 0.238. The van der Waals surface area contributed by atoms with E-state index in [1.54, 1.807) is 19.1 Å². The zero-order valence-corrected chi connectivity index (χ0v) is 15.6. The van der Waals surface area contributed by atoms with E-state index in [0.29, 0.717) is 0 Å². The molecule has 0 fully saturated rings. The molecule has 3 rings (SSSR count). The molecule has 0 aliphatic heterocycles. The predicted molar refractivity (Wildman–Crippen MR) is 99.8 cm³/mol. The van der Waals surface area contributed by atoms with Gasteiger partial charge in [-0.2, -0.15) is 0 Å². The fourth-order valence-electron chi connectivity index (χ4n) is 2.92. The maximum Gasteiger partial charge on any atom is 0.306 e. The number of benzene rings is 1. The molecule has 0 amide bonds. The van der Waals surface area contributed by atoms with Crippen molar-refractivity contribution in [3.05, 3.63) is 75.8 Å². The van der Waals surface area contributed by atoms with Gasteiger partial charge in [-0.15, -0.1) is 0 Å². The average molecular weight is 402 g/mol. The van der Waals surface area contributed by atoms with Crippen molar-refractivity contribution in [1.82, 2.24) is 0 Å². The summed E-state index contributed by atoms with van der Waals surface area (Å²) < 4.78 is 30.2. The minimum atomic E-state index is -1.02. The molecule has 0 unspecified atom stereocenters. The Labute approximate surface area is 165 Å². The van der Waals surface area contributed by atoms with Gasteiger partial charge in [0.25, 0.3) is 0 Å². The van der Waals surface area contributed by atoms with Crippen LogP contribution in [0.15, 0.2) is 56.1 Å². The van der Waals surface area contributed by atoms with Gasteiger partial charge in [-0.1, -0.05) is 12.1 Å². The van der Waals surface area contributed by atoms with Gasteiger partial charge in [-0.05, 0) is 31.2 Å². The first kappa shape index (κ1) is 20.3. The number of aliphatic hydroxyl groups excluding tert-OH is 1. The van der Waals surface area contributed by atoms with Crippen LogP contribution in [0.1, 0.15) is 36.5 Å². The van der Waals surface area contributed by atoms with Gasteiger partial charge in [0.05, 0.1) is 24.5 Å². The molecule has 152 valence electrons. The average Bonchev–Trinajstić information content (AvgIpc) is 3.18. The van der Waals surface area contributed by atoms with Crippen LogP contribution in [0.2, 0.25) is 0 Å². The molecule has 7 nitrogen and oxygen atoms in total. The first-order valence-corrected chi connectivity index (χ1v) is 8.91. The van der Waals surface area contributed by atoms with Gasteiger partial charge in [0, 0.05) is 6.07 Å². The Kier molecular flexibility index (Phi) is 6.13. The number of aliphatic hydroxyl groups is 1. The normalized spacial score (nSPS) is 12.0. The highest BCUT2D eigenvalue weighted by Gasteiger charge is 2.29. The van der Waals surface area contributed by atoms with Crippen LogP contribution in [0.25, 0.3) is 11.3 Å². The van der Waals surface area contributed by atoms with Crippen LogP contribution in [0, 0.1) is 5.82 Å². The molecule has 1 atom stereocenters. The Morgan fingerprint density at radius 1 is 1.21 bits per heavy atom. The predicted octanol–water partition coefficient (Wildman–Crippen LogP) is 3.32. The summed E-state index contributed by atoms with van der Waals surface area (Å²) in [5.41, 5.74) is -0.562. The van der Waals surface area contributed by atoms with Gasteiger partial charge in [-0.3, -0.25) is 9.59 Å². The Hall–Kier alpha value is -3.39. The van der Waals surface area contributed by atoms with E-state index < -0.39 is 35.5 Å². The minimum absolute atomic E-state index is 0.0856. The summed E-state index contributed by atoms with van der Waals surface area (Å²) >= 11 is 0. The summed E-state index contributed by atoms with van der Waals surface area (Å²) in [6, 6.07) is 9.96. The highest BCUT2D eigenvalue weighted by atomic mass is 19.1. The number of rotatable bonds is 7. The molecule has 2 N–H and O–H groups in total. The second kappa shape index (κ2) is 8.74. The lowest BCUT2D eigenvalue weighted by molar-refractivity contribution is -0.143. The SMILES string of the molecule is CCOC(=O)C[C@H](c1ccc(-c2ccccc2F)o1)c1oc(CO)cc(=O)c1O. The molecular formula is C21H19FO7. The van der Waals surface area contributed by atoms with E-state index in [0.717, 1.165) is 6.07 Å². The first-order chi connectivity index (χ1) is 13.9. The maximum absolute atomic E-state index is 14.1. The lowest BCUT2D eigenvalue weighted by atomic mass is 9.98. The molecule has 29 heavy (non-hydrogen) atoms. The molecule has 3 aromatic rings. The van der Waals surface area contributed by atoms with Crippen LogP contribution in [-0.2, 0) is 16.1 Å². The van der Waals surface area contributed by atoms with Crippen molar-refractivity contribution in [2.75, 3.05) is 6.61 Å². The van der Waals surface area contributed by atoms with E-state index in [1.165, 1.54) is 24.3 Å². The van der Waals surface area contributed by atoms with Crippen LogP contribution in [0.4, 0.5) is 4.39 Å². The maximum atomic E-state index is 14.1. The number of carbonyl (C=O) groups excluding carboxylic acids is 1. The molecule has 2 heterocycles. The smallest absolute Gasteiger partial charge is 0.306 e. The van der Waals surface area contributed by atoms with Crippen molar-refractivity contribution in [3.8, 4) is 17.1 Å². The third kappa shape index (κ3) is 4.38. The Balaban J connectivity index is 2.08. The largest absolute Gasteiger partial charge is 0.502 e. The Morgan fingerprint density at radius 2 is 1.97 bits per heavy atom. The number of halogens is 1. The standard InChI is InChI=1S/C21H19FO7/c1-2-27-19(25)10-14(21-20(26)16(24)9-12(11-23)28-21)18-8-7-17(29-18)13-5-3-4-6-15(13)22/h3-9,14,23,26H,2,10-11H2,1H3/t14-/m1/s1. The van der Waals surface area contributed by atoms with Crippen LogP contribution in [0.5, 0.6) is 5.75 Å². The van der Waals surface area contributed by atoms with Crippen molar-refractivity contribution in [3.63, 3.8) is 0 Å². The number of ether oxygens (including phenoxy) is 1. The third-order valence-electron chi connectivity index (χ3n) is 4.26. The molecule has 0 aliphatic carbocycles. The zero-order valence-electron chi connectivity index (χ0n) is 15.6. The second-order valence-electron chi connectivity index (χ2n) is 6.19. The van der Waals surface area contributed by atoms with Crippen molar-refractivity contribution < 1.29 is 33.0 Å². The van der Waals surface area contributed by atoms with Crippen LogP contribution >= 0.6 is 0 Å². The van der Waals surface area contributed by atoms with Crippen molar-refractivity contribution in [2.24, 2.45) is 0 Å². The molecule has 0 radical (unpaired) electrons. The van der Waals surface area contributed by atoms with E-state index in [2.05, 4.69) is 0 Å². The van der Waals surface area contributed by atoms with E-state index in [4.69, 9.17) is 13.6 Å². The summed E-state index contributed by atoms with van der Waals surface area (Å²) in [5, 5.41) is 19.5. The number of hydrogen-bond acceptors (Lipinski definition) is 7. The number of aromatic hydroxyl groups is 1. The minimum Gasteiger partial charge on any atom is -0.502 e. The first-order valence-electron chi connectivity index (χ1n) is 8.91. The molecule has 8 heteroatoms. The molecule has 0 bridgehead atoms. The van der Waals surface area contributed by atoms with Gasteiger partial charge in [-0.25, -0.2) is 4.39 Å².